The van der Waals surface area contributed by atoms with E-state index in [0.29, 0.717) is 13.1 Å². The van der Waals surface area contributed by atoms with Crippen LogP contribution in [0.1, 0.15) is 26.7 Å². The predicted octanol–water partition coefficient (Wildman–Crippen LogP) is 0.414. The average molecular weight is 273 g/mol. The molecular formula is C12H23N3O2S. The summed E-state index contributed by atoms with van der Waals surface area (Å²) >= 11 is 1.72. The van der Waals surface area contributed by atoms with Crippen molar-refractivity contribution in [2.45, 2.75) is 32.7 Å². The van der Waals surface area contributed by atoms with Crippen molar-refractivity contribution in [2.24, 2.45) is 0 Å². The van der Waals surface area contributed by atoms with Gasteiger partial charge in [0.2, 0.25) is 11.8 Å². The largest absolute Gasteiger partial charge is 0.355 e. The van der Waals surface area contributed by atoms with Gasteiger partial charge in [-0.15, -0.1) is 11.8 Å². The van der Waals surface area contributed by atoms with Gasteiger partial charge >= 0.3 is 0 Å². The van der Waals surface area contributed by atoms with Crippen molar-refractivity contribution in [3.63, 3.8) is 0 Å². The van der Waals surface area contributed by atoms with Crippen molar-refractivity contribution in [3.8, 4) is 0 Å². The molecule has 2 amide bonds. The highest BCUT2D eigenvalue weighted by molar-refractivity contribution is 7.99. The van der Waals surface area contributed by atoms with E-state index in [2.05, 4.69) is 10.6 Å². The molecule has 1 rings (SSSR count). The Morgan fingerprint density at radius 2 is 2.17 bits per heavy atom. The number of hydrogen-bond donors (Lipinski definition) is 2. The van der Waals surface area contributed by atoms with Crippen molar-refractivity contribution in [3.05, 3.63) is 0 Å². The summed E-state index contributed by atoms with van der Waals surface area (Å²) in [6.07, 6.45) is 1.78. The number of amides is 2. The van der Waals surface area contributed by atoms with E-state index in [-0.39, 0.29) is 24.4 Å². The number of thioether (sulfide) groups is 1. The summed E-state index contributed by atoms with van der Waals surface area (Å²) in [6.45, 7) is 5.51. The SMILES string of the molecule is CCCNC(=O)CN(CCC)C(=O)C1CSCN1. The summed E-state index contributed by atoms with van der Waals surface area (Å²) in [5.74, 6) is 1.60. The lowest BCUT2D eigenvalue weighted by molar-refractivity contribution is -0.137. The molecule has 0 aromatic carbocycles. The van der Waals surface area contributed by atoms with Crippen LogP contribution in [0.4, 0.5) is 0 Å². The van der Waals surface area contributed by atoms with E-state index in [1.54, 1.807) is 16.7 Å². The molecule has 0 saturated carbocycles. The predicted molar refractivity (Wildman–Crippen MR) is 74.4 cm³/mol. The van der Waals surface area contributed by atoms with Crippen LogP contribution in [-0.4, -0.2) is 54.0 Å². The highest BCUT2D eigenvalue weighted by Crippen LogP contribution is 2.12. The number of carbonyl (C=O) groups excluding carboxylic acids is 2. The Labute approximate surface area is 113 Å². The number of nitrogens with zero attached hydrogens (tertiary/aromatic N) is 1. The molecule has 1 saturated heterocycles. The van der Waals surface area contributed by atoms with Crippen LogP contribution in [0.3, 0.4) is 0 Å². The van der Waals surface area contributed by atoms with Crippen LogP contribution in [-0.2, 0) is 9.59 Å². The molecule has 1 atom stereocenters. The fourth-order valence-corrected chi connectivity index (χ4v) is 2.74. The minimum Gasteiger partial charge on any atom is -0.355 e. The van der Waals surface area contributed by atoms with Crippen LogP contribution in [0, 0.1) is 0 Å². The minimum absolute atomic E-state index is 0.0495. The average Bonchev–Trinajstić information content (AvgIpc) is 2.88. The van der Waals surface area contributed by atoms with Crippen LogP contribution >= 0.6 is 11.8 Å². The smallest absolute Gasteiger partial charge is 0.241 e. The highest BCUT2D eigenvalue weighted by Gasteiger charge is 2.27. The first-order valence-corrected chi connectivity index (χ1v) is 7.71. The van der Waals surface area contributed by atoms with Crippen LogP contribution < -0.4 is 10.6 Å². The van der Waals surface area contributed by atoms with Crippen LogP contribution in [0.15, 0.2) is 0 Å². The summed E-state index contributed by atoms with van der Waals surface area (Å²) in [5.41, 5.74) is 0. The van der Waals surface area contributed by atoms with Crippen molar-refractivity contribution in [1.29, 1.82) is 0 Å². The maximum absolute atomic E-state index is 12.2. The zero-order valence-electron chi connectivity index (χ0n) is 11.2. The molecule has 0 aromatic rings. The zero-order valence-corrected chi connectivity index (χ0v) is 12.0. The fraction of sp³-hybridized carbons (Fsp3) is 0.833. The van der Waals surface area contributed by atoms with E-state index in [1.807, 2.05) is 13.8 Å². The van der Waals surface area contributed by atoms with Crippen LogP contribution in [0.2, 0.25) is 0 Å². The molecule has 1 fully saturated rings. The Bertz CT molecular complexity index is 280. The second kappa shape index (κ2) is 8.37. The molecule has 1 aliphatic heterocycles. The molecule has 0 bridgehead atoms. The molecule has 0 radical (unpaired) electrons. The monoisotopic (exact) mass is 273 g/mol. The summed E-state index contributed by atoms with van der Waals surface area (Å²) in [6, 6.07) is -0.125. The normalized spacial score (nSPS) is 18.7. The quantitative estimate of drug-likeness (QED) is 0.705. The topological polar surface area (TPSA) is 61.4 Å². The number of hydrogen-bond acceptors (Lipinski definition) is 4. The first-order valence-electron chi connectivity index (χ1n) is 6.55. The second-order valence-electron chi connectivity index (χ2n) is 4.38. The number of rotatable bonds is 7. The molecule has 1 heterocycles. The summed E-state index contributed by atoms with van der Waals surface area (Å²) in [5, 5.41) is 5.96. The van der Waals surface area contributed by atoms with Gasteiger partial charge in [-0.25, -0.2) is 0 Å². The van der Waals surface area contributed by atoms with Crippen molar-refractivity contribution >= 4 is 23.6 Å². The summed E-state index contributed by atoms with van der Waals surface area (Å²) in [7, 11) is 0. The van der Waals surface area contributed by atoms with E-state index in [1.165, 1.54) is 0 Å². The third-order valence-electron chi connectivity index (χ3n) is 2.73. The maximum atomic E-state index is 12.2. The van der Waals surface area contributed by atoms with E-state index in [9.17, 15) is 9.59 Å². The van der Waals surface area contributed by atoms with E-state index >= 15 is 0 Å². The second-order valence-corrected chi connectivity index (χ2v) is 5.41. The van der Waals surface area contributed by atoms with Crippen molar-refractivity contribution in [2.75, 3.05) is 31.3 Å². The molecular weight excluding hydrogens is 250 g/mol. The Balaban J connectivity index is 2.47. The third kappa shape index (κ3) is 4.86. The van der Waals surface area contributed by atoms with Gasteiger partial charge < -0.3 is 10.2 Å². The van der Waals surface area contributed by atoms with Gasteiger partial charge in [-0.1, -0.05) is 13.8 Å². The van der Waals surface area contributed by atoms with Gasteiger partial charge in [0.25, 0.3) is 0 Å². The van der Waals surface area contributed by atoms with Crippen molar-refractivity contribution in [1.82, 2.24) is 15.5 Å². The van der Waals surface area contributed by atoms with E-state index < -0.39 is 0 Å². The van der Waals surface area contributed by atoms with Crippen LogP contribution in [0.25, 0.3) is 0 Å². The first-order chi connectivity index (χ1) is 8.69. The van der Waals surface area contributed by atoms with Crippen molar-refractivity contribution < 1.29 is 9.59 Å². The Kier molecular flexibility index (Phi) is 7.12. The van der Waals surface area contributed by atoms with Gasteiger partial charge in [-0.3, -0.25) is 14.9 Å². The molecule has 104 valence electrons. The molecule has 0 spiro atoms. The van der Waals surface area contributed by atoms with E-state index in [4.69, 9.17) is 0 Å². The summed E-state index contributed by atoms with van der Waals surface area (Å²) < 4.78 is 0. The van der Waals surface area contributed by atoms with Gasteiger partial charge in [0.1, 0.15) is 0 Å². The standard InChI is InChI=1S/C12H23N3O2S/c1-3-5-13-11(16)7-15(6-4-2)12(17)10-8-18-9-14-10/h10,14H,3-9H2,1-2H3,(H,13,16). The fourth-order valence-electron chi connectivity index (χ4n) is 1.80. The molecule has 6 heteroatoms. The van der Waals surface area contributed by atoms with Gasteiger partial charge in [0.15, 0.2) is 0 Å². The Morgan fingerprint density at radius 1 is 1.39 bits per heavy atom. The Hall–Kier alpha value is -0.750. The lowest BCUT2D eigenvalue weighted by Crippen LogP contribution is -2.49. The first kappa shape index (κ1) is 15.3. The molecule has 1 aliphatic rings. The summed E-state index contributed by atoms with van der Waals surface area (Å²) in [4.78, 5) is 25.6. The van der Waals surface area contributed by atoms with Gasteiger partial charge in [0.05, 0.1) is 12.6 Å². The molecule has 18 heavy (non-hydrogen) atoms. The number of nitrogens with one attached hydrogen (secondary N) is 2. The zero-order chi connectivity index (χ0) is 13.4. The molecule has 1 unspecified atom stereocenters. The lowest BCUT2D eigenvalue weighted by Gasteiger charge is -2.24. The third-order valence-corrected chi connectivity index (χ3v) is 3.67. The minimum atomic E-state index is -0.125. The Morgan fingerprint density at radius 3 is 2.72 bits per heavy atom. The van der Waals surface area contributed by atoms with Gasteiger partial charge in [-0.05, 0) is 12.8 Å². The lowest BCUT2D eigenvalue weighted by atomic mass is 10.2. The maximum Gasteiger partial charge on any atom is 0.241 e. The molecule has 0 aromatic heterocycles. The van der Waals surface area contributed by atoms with Crippen LogP contribution in [0.5, 0.6) is 0 Å². The molecule has 2 N–H and O–H groups in total. The molecule has 5 nitrogen and oxygen atoms in total. The van der Waals surface area contributed by atoms with E-state index in [0.717, 1.165) is 24.5 Å². The molecule has 0 aliphatic carbocycles. The highest BCUT2D eigenvalue weighted by atomic mass is 32.2. The van der Waals surface area contributed by atoms with Gasteiger partial charge in [-0.2, -0.15) is 0 Å². The number of carbonyl (C=O) groups is 2. The van der Waals surface area contributed by atoms with Gasteiger partial charge in [0, 0.05) is 24.7 Å².